The van der Waals surface area contributed by atoms with Crippen molar-refractivity contribution in [3.8, 4) is 0 Å². The maximum absolute atomic E-state index is 12.7. The molecule has 0 fully saturated rings. The van der Waals surface area contributed by atoms with E-state index >= 15 is 0 Å². The molecule has 6 heteroatoms. The standard InChI is InChI=1S/C14H18FNO3S/c1-2-12(7-14(18)19)16-13(17)9-20-8-10-3-5-11(15)6-4-10/h3-6,12H,2,7-9H2,1H3,(H,16,17)(H,18,19). The highest BCUT2D eigenvalue weighted by Gasteiger charge is 2.13. The van der Waals surface area contributed by atoms with Gasteiger partial charge in [-0.3, -0.25) is 9.59 Å². The van der Waals surface area contributed by atoms with E-state index in [0.717, 1.165) is 5.56 Å². The molecule has 4 nitrogen and oxygen atoms in total. The summed E-state index contributed by atoms with van der Waals surface area (Å²) >= 11 is 1.41. The van der Waals surface area contributed by atoms with E-state index in [1.54, 1.807) is 12.1 Å². The molecular weight excluding hydrogens is 281 g/mol. The molecule has 1 atom stereocenters. The summed E-state index contributed by atoms with van der Waals surface area (Å²) in [6.45, 7) is 1.83. The van der Waals surface area contributed by atoms with Crippen LogP contribution in [0, 0.1) is 5.82 Å². The van der Waals surface area contributed by atoms with Gasteiger partial charge in [-0.15, -0.1) is 11.8 Å². The molecule has 0 saturated heterocycles. The van der Waals surface area contributed by atoms with Gasteiger partial charge in [-0.25, -0.2) is 4.39 Å². The molecule has 1 aromatic carbocycles. The second kappa shape index (κ2) is 8.58. The summed E-state index contributed by atoms with van der Waals surface area (Å²) in [7, 11) is 0. The van der Waals surface area contributed by atoms with E-state index in [0.29, 0.717) is 12.2 Å². The molecule has 0 spiro atoms. The van der Waals surface area contributed by atoms with Crippen molar-refractivity contribution in [3.63, 3.8) is 0 Å². The second-order valence-corrected chi connectivity index (χ2v) is 5.38. The van der Waals surface area contributed by atoms with Crippen molar-refractivity contribution in [3.05, 3.63) is 35.6 Å². The number of nitrogens with one attached hydrogen (secondary N) is 1. The third-order valence-electron chi connectivity index (χ3n) is 2.69. The first-order chi connectivity index (χ1) is 9.51. The van der Waals surface area contributed by atoms with Crippen molar-refractivity contribution in [2.24, 2.45) is 0 Å². The Morgan fingerprint density at radius 3 is 2.55 bits per heavy atom. The fourth-order valence-electron chi connectivity index (χ4n) is 1.62. The Morgan fingerprint density at radius 2 is 2.00 bits per heavy atom. The number of amides is 1. The van der Waals surface area contributed by atoms with Crippen LogP contribution in [0.4, 0.5) is 4.39 Å². The number of rotatable bonds is 8. The minimum Gasteiger partial charge on any atom is -0.481 e. The summed E-state index contributed by atoms with van der Waals surface area (Å²) in [5, 5.41) is 11.4. The molecule has 1 unspecified atom stereocenters. The van der Waals surface area contributed by atoms with Gasteiger partial charge >= 0.3 is 5.97 Å². The lowest BCUT2D eigenvalue weighted by atomic mass is 10.1. The summed E-state index contributed by atoms with van der Waals surface area (Å²) < 4.78 is 12.7. The van der Waals surface area contributed by atoms with Crippen molar-refractivity contribution in [1.29, 1.82) is 0 Å². The number of carboxylic acid groups (broad SMARTS) is 1. The molecule has 1 amide bonds. The van der Waals surface area contributed by atoms with Crippen LogP contribution in [-0.4, -0.2) is 28.8 Å². The Kier molecular flexibility index (Phi) is 7.08. The number of carbonyl (C=O) groups is 2. The molecule has 20 heavy (non-hydrogen) atoms. The van der Waals surface area contributed by atoms with E-state index in [-0.39, 0.29) is 29.9 Å². The van der Waals surface area contributed by atoms with Gasteiger partial charge in [-0.05, 0) is 24.1 Å². The quantitative estimate of drug-likeness (QED) is 0.773. The molecule has 110 valence electrons. The van der Waals surface area contributed by atoms with Crippen LogP contribution in [0.1, 0.15) is 25.3 Å². The lowest BCUT2D eigenvalue weighted by Crippen LogP contribution is -2.37. The molecule has 0 aliphatic heterocycles. The summed E-state index contributed by atoms with van der Waals surface area (Å²) in [4.78, 5) is 22.2. The highest BCUT2D eigenvalue weighted by atomic mass is 32.2. The van der Waals surface area contributed by atoms with Gasteiger partial charge in [-0.1, -0.05) is 19.1 Å². The van der Waals surface area contributed by atoms with Gasteiger partial charge in [0.05, 0.1) is 12.2 Å². The van der Waals surface area contributed by atoms with Crippen molar-refractivity contribution >= 4 is 23.6 Å². The van der Waals surface area contributed by atoms with Crippen LogP contribution in [0.5, 0.6) is 0 Å². The molecule has 0 aliphatic rings. The van der Waals surface area contributed by atoms with Gasteiger partial charge in [0, 0.05) is 11.8 Å². The maximum atomic E-state index is 12.7. The Bertz CT molecular complexity index is 450. The number of carboxylic acids is 1. The molecule has 0 aliphatic carbocycles. The monoisotopic (exact) mass is 299 g/mol. The zero-order chi connectivity index (χ0) is 15.0. The topological polar surface area (TPSA) is 66.4 Å². The molecule has 1 rings (SSSR count). The average molecular weight is 299 g/mol. The molecule has 0 heterocycles. The van der Waals surface area contributed by atoms with Crippen LogP contribution in [0.25, 0.3) is 0 Å². The highest BCUT2D eigenvalue weighted by Crippen LogP contribution is 2.12. The number of halogens is 1. The first-order valence-electron chi connectivity index (χ1n) is 6.34. The van der Waals surface area contributed by atoms with Gasteiger partial charge in [-0.2, -0.15) is 0 Å². The first-order valence-corrected chi connectivity index (χ1v) is 7.50. The predicted molar refractivity (Wildman–Crippen MR) is 77.0 cm³/mol. The fraction of sp³-hybridized carbons (Fsp3) is 0.429. The molecule has 1 aromatic rings. The zero-order valence-electron chi connectivity index (χ0n) is 11.3. The van der Waals surface area contributed by atoms with E-state index in [1.807, 2.05) is 6.92 Å². The molecule has 0 radical (unpaired) electrons. The molecule has 0 bridgehead atoms. The Hall–Kier alpha value is -1.56. The second-order valence-electron chi connectivity index (χ2n) is 4.39. The lowest BCUT2D eigenvalue weighted by Gasteiger charge is -2.14. The zero-order valence-corrected chi connectivity index (χ0v) is 12.1. The molecule has 0 saturated carbocycles. The van der Waals surface area contributed by atoms with E-state index in [9.17, 15) is 14.0 Å². The Balaban J connectivity index is 2.28. The van der Waals surface area contributed by atoms with Crippen LogP contribution in [0.3, 0.4) is 0 Å². The van der Waals surface area contributed by atoms with Crippen LogP contribution in [-0.2, 0) is 15.3 Å². The SMILES string of the molecule is CCC(CC(=O)O)NC(=O)CSCc1ccc(F)cc1. The van der Waals surface area contributed by atoms with Gasteiger partial charge < -0.3 is 10.4 Å². The van der Waals surface area contributed by atoms with Crippen LogP contribution < -0.4 is 5.32 Å². The van der Waals surface area contributed by atoms with E-state index in [1.165, 1.54) is 23.9 Å². The van der Waals surface area contributed by atoms with Gasteiger partial charge in [0.15, 0.2) is 0 Å². The molecule has 0 aromatic heterocycles. The number of hydrogen-bond donors (Lipinski definition) is 2. The minimum absolute atomic E-state index is 0.0646. The van der Waals surface area contributed by atoms with Gasteiger partial charge in [0.2, 0.25) is 5.91 Å². The summed E-state index contributed by atoms with van der Waals surface area (Å²) in [5.74, 6) is -0.506. The molecular formula is C14H18FNO3S. The normalized spacial score (nSPS) is 11.9. The van der Waals surface area contributed by atoms with Crippen LogP contribution in [0.15, 0.2) is 24.3 Å². The Labute approximate surface area is 121 Å². The van der Waals surface area contributed by atoms with E-state index in [2.05, 4.69) is 5.32 Å². The van der Waals surface area contributed by atoms with Crippen LogP contribution in [0.2, 0.25) is 0 Å². The third-order valence-corrected chi connectivity index (χ3v) is 3.70. The summed E-state index contributed by atoms with van der Waals surface area (Å²) in [5.41, 5.74) is 0.946. The highest BCUT2D eigenvalue weighted by molar-refractivity contribution is 7.99. The van der Waals surface area contributed by atoms with E-state index in [4.69, 9.17) is 5.11 Å². The number of hydrogen-bond acceptors (Lipinski definition) is 3. The fourth-order valence-corrected chi connectivity index (χ4v) is 2.42. The van der Waals surface area contributed by atoms with Crippen molar-refractivity contribution in [2.45, 2.75) is 31.6 Å². The number of aliphatic carboxylic acids is 1. The largest absolute Gasteiger partial charge is 0.481 e. The first kappa shape index (κ1) is 16.5. The summed E-state index contributed by atoms with van der Waals surface area (Å²) in [6.07, 6.45) is 0.519. The number of carbonyl (C=O) groups excluding carboxylic acids is 1. The van der Waals surface area contributed by atoms with Crippen molar-refractivity contribution in [1.82, 2.24) is 5.32 Å². The van der Waals surface area contributed by atoms with Gasteiger partial charge in [0.25, 0.3) is 0 Å². The average Bonchev–Trinajstić information content (AvgIpc) is 2.39. The smallest absolute Gasteiger partial charge is 0.305 e. The number of benzene rings is 1. The molecule has 2 N–H and O–H groups in total. The predicted octanol–water partition coefficient (Wildman–Crippen LogP) is 2.43. The van der Waals surface area contributed by atoms with Crippen molar-refractivity contribution < 1.29 is 19.1 Å². The maximum Gasteiger partial charge on any atom is 0.305 e. The third kappa shape index (κ3) is 6.56. The van der Waals surface area contributed by atoms with Crippen molar-refractivity contribution in [2.75, 3.05) is 5.75 Å². The summed E-state index contributed by atoms with van der Waals surface area (Å²) in [6, 6.07) is 5.80. The number of thioether (sulfide) groups is 1. The van der Waals surface area contributed by atoms with Gasteiger partial charge in [0.1, 0.15) is 5.82 Å². The van der Waals surface area contributed by atoms with E-state index < -0.39 is 5.97 Å². The van der Waals surface area contributed by atoms with Crippen LogP contribution >= 0.6 is 11.8 Å². The lowest BCUT2D eigenvalue weighted by molar-refractivity contribution is -0.137. The Morgan fingerprint density at radius 1 is 1.35 bits per heavy atom. The minimum atomic E-state index is -0.920.